The number of aromatic nitrogens is 2. The van der Waals surface area contributed by atoms with E-state index in [-0.39, 0.29) is 46.5 Å². The van der Waals surface area contributed by atoms with Crippen LogP contribution in [0.4, 0.5) is 0 Å². The Morgan fingerprint density at radius 2 is 2.32 bits per heavy atom. The first-order chi connectivity index (χ1) is 10.1. The van der Waals surface area contributed by atoms with Crippen molar-refractivity contribution >= 4 is 41.5 Å². The van der Waals surface area contributed by atoms with Crippen LogP contribution in [0, 0.1) is 0 Å². The number of rotatable bonds is 2. The van der Waals surface area contributed by atoms with Gasteiger partial charge in [-0.25, -0.2) is 0 Å². The van der Waals surface area contributed by atoms with E-state index in [9.17, 15) is 14.7 Å². The maximum atomic E-state index is 12.1. The summed E-state index contributed by atoms with van der Waals surface area (Å²) >= 11 is 3.18. The molecule has 0 bridgehead atoms. The van der Waals surface area contributed by atoms with E-state index in [4.69, 9.17) is 0 Å². The van der Waals surface area contributed by atoms with Crippen LogP contribution in [0.15, 0.2) is 22.7 Å². The van der Waals surface area contributed by atoms with Gasteiger partial charge < -0.3 is 9.90 Å². The zero-order valence-corrected chi connectivity index (χ0v) is 15.4. The van der Waals surface area contributed by atoms with Crippen molar-refractivity contribution in [3.63, 3.8) is 0 Å². The van der Waals surface area contributed by atoms with Crippen LogP contribution in [-0.4, -0.2) is 37.7 Å². The molecule has 0 unspecified atom stereocenters. The molecule has 1 aromatic rings. The molecule has 0 N–H and O–H groups in total. The fourth-order valence-corrected chi connectivity index (χ4v) is 4.61. The zero-order chi connectivity index (χ0) is 14.6. The molecule has 1 saturated heterocycles. The number of amides is 1. The SMILES string of the molecule is O=C([O-])C1=CS[C@@H]2/C(=C\c3cc4n(n3)CCSC4)C(=O)N12.[Na+]. The van der Waals surface area contributed by atoms with Crippen LogP contribution in [0.3, 0.4) is 0 Å². The molecular weight excluding hydrogens is 333 g/mol. The van der Waals surface area contributed by atoms with Gasteiger partial charge in [0.15, 0.2) is 0 Å². The van der Waals surface area contributed by atoms with Gasteiger partial charge in [0.25, 0.3) is 5.91 Å². The Labute approximate surface area is 157 Å². The summed E-state index contributed by atoms with van der Waals surface area (Å²) < 4.78 is 1.97. The molecule has 9 heteroatoms. The number of thioether (sulfide) groups is 2. The summed E-state index contributed by atoms with van der Waals surface area (Å²) in [5.74, 6) is 0.396. The van der Waals surface area contributed by atoms with Crippen molar-refractivity contribution in [2.24, 2.45) is 0 Å². The third-order valence-electron chi connectivity index (χ3n) is 3.63. The van der Waals surface area contributed by atoms with Gasteiger partial charge in [0.05, 0.1) is 29.5 Å². The molecule has 0 radical (unpaired) electrons. The summed E-state index contributed by atoms with van der Waals surface area (Å²) in [4.78, 5) is 24.3. The van der Waals surface area contributed by atoms with Crippen LogP contribution in [-0.2, 0) is 21.9 Å². The Balaban J connectivity index is 0.00000144. The largest absolute Gasteiger partial charge is 1.00 e. The van der Waals surface area contributed by atoms with E-state index in [2.05, 4.69) is 5.10 Å². The number of carbonyl (C=O) groups excluding carboxylic acids is 2. The average Bonchev–Trinajstić information content (AvgIpc) is 3.05. The van der Waals surface area contributed by atoms with Crippen LogP contribution in [0.25, 0.3) is 6.08 Å². The Bertz CT molecular complexity index is 705. The average molecular weight is 343 g/mol. The van der Waals surface area contributed by atoms with E-state index < -0.39 is 5.97 Å². The summed E-state index contributed by atoms with van der Waals surface area (Å²) in [5.41, 5.74) is 2.47. The van der Waals surface area contributed by atoms with E-state index in [1.165, 1.54) is 22.1 Å². The smallest absolute Gasteiger partial charge is 0.543 e. The summed E-state index contributed by atoms with van der Waals surface area (Å²) in [6, 6.07) is 1.99. The number of carbonyl (C=O) groups is 2. The number of nitrogens with zero attached hydrogens (tertiary/aromatic N) is 3. The number of carboxylic acids is 1. The van der Waals surface area contributed by atoms with E-state index in [0.29, 0.717) is 5.57 Å². The van der Waals surface area contributed by atoms with Crippen molar-refractivity contribution < 1.29 is 44.3 Å². The molecule has 1 fully saturated rings. The van der Waals surface area contributed by atoms with Crippen molar-refractivity contribution in [1.29, 1.82) is 0 Å². The van der Waals surface area contributed by atoms with Crippen molar-refractivity contribution in [2.45, 2.75) is 17.7 Å². The Kier molecular flexibility index (Phi) is 4.48. The molecule has 0 aromatic carbocycles. The Morgan fingerprint density at radius 1 is 1.50 bits per heavy atom. The van der Waals surface area contributed by atoms with E-state index in [0.717, 1.165) is 29.4 Å². The van der Waals surface area contributed by atoms with Gasteiger partial charge in [-0.3, -0.25) is 14.4 Å². The van der Waals surface area contributed by atoms with Crippen LogP contribution in [0.5, 0.6) is 0 Å². The minimum absolute atomic E-state index is 0. The van der Waals surface area contributed by atoms with Crippen LogP contribution < -0.4 is 34.7 Å². The van der Waals surface area contributed by atoms with Crippen LogP contribution in [0.2, 0.25) is 0 Å². The molecule has 3 aliphatic heterocycles. The minimum Gasteiger partial charge on any atom is -0.543 e. The number of aliphatic carboxylic acids is 1. The van der Waals surface area contributed by atoms with Gasteiger partial charge in [-0.2, -0.15) is 16.9 Å². The van der Waals surface area contributed by atoms with Gasteiger partial charge >= 0.3 is 29.6 Å². The summed E-state index contributed by atoms with van der Waals surface area (Å²) in [6.07, 6.45) is 1.76. The predicted molar refractivity (Wildman–Crippen MR) is 77.7 cm³/mol. The van der Waals surface area contributed by atoms with Gasteiger partial charge in [0.1, 0.15) is 5.37 Å². The number of fused-ring (bicyclic) bond motifs is 2. The van der Waals surface area contributed by atoms with Gasteiger partial charge in [0, 0.05) is 17.2 Å². The first kappa shape index (κ1) is 16.2. The first-order valence-corrected chi connectivity index (χ1v) is 8.51. The number of hydrogen-bond acceptors (Lipinski definition) is 6. The fourth-order valence-electron chi connectivity index (χ4n) is 2.60. The Morgan fingerprint density at radius 3 is 3.05 bits per heavy atom. The topological polar surface area (TPSA) is 78.3 Å². The van der Waals surface area contributed by atoms with Gasteiger partial charge in [0.2, 0.25) is 0 Å². The third kappa shape index (κ3) is 2.46. The molecule has 22 heavy (non-hydrogen) atoms. The molecule has 1 aromatic heterocycles. The second-order valence-electron chi connectivity index (χ2n) is 4.89. The molecule has 0 spiro atoms. The molecule has 1 amide bonds. The first-order valence-electron chi connectivity index (χ1n) is 6.42. The summed E-state index contributed by atoms with van der Waals surface area (Å²) in [7, 11) is 0. The van der Waals surface area contributed by atoms with Crippen molar-refractivity contribution in [1.82, 2.24) is 14.7 Å². The predicted octanol–water partition coefficient (Wildman–Crippen LogP) is -2.98. The molecule has 0 aliphatic carbocycles. The maximum Gasteiger partial charge on any atom is 1.00 e. The standard InChI is InChI=1S/C13H11N3O3S2.Na/c17-11-9(12-16(11)10(6-21-12)13(18)19)4-7-3-8-5-20-2-1-15(8)14-7;/h3-4,6,12H,1-2,5H2,(H,18,19);/q;+1/p-1/b9-4-;/t12-;/m1./s1. The van der Waals surface area contributed by atoms with Crippen molar-refractivity contribution in [2.75, 3.05) is 5.75 Å². The monoisotopic (exact) mass is 343 g/mol. The van der Waals surface area contributed by atoms with Crippen molar-refractivity contribution in [3.05, 3.63) is 34.1 Å². The van der Waals surface area contributed by atoms with Gasteiger partial charge in [-0.05, 0) is 17.6 Å². The second-order valence-corrected chi connectivity index (χ2v) is 6.95. The molecule has 4 rings (SSSR count). The normalized spacial score (nSPS) is 24.3. The maximum absolute atomic E-state index is 12.1. The molecule has 3 aliphatic rings. The quantitative estimate of drug-likeness (QED) is 0.324. The summed E-state index contributed by atoms with van der Waals surface area (Å²) in [5, 5.41) is 16.6. The fraction of sp³-hybridized carbons (Fsp3) is 0.308. The van der Waals surface area contributed by atoms with Crippen LogP contribution >= 0.6 is 23.5 Å². The van der Waals surface area contributed by atoms with E-state index >= 15 is 0 Å². The number of carboxylic acid groups (broad SMARTS) is 1. The molecular formula is C13H10N3NaO3S2. The van der Waals surface area contributed by atoms with E-state index in [1.54, 1.807) is 6.08 Å². The zero-order valence-electron chi connectivity index (χ0n) is 11.8. The van der Waals surface area contributed by atoms with Crippen LogP contribution in [0.1, 0.15) is 11.4 Å². The number of aryl methyl sites for hydroxylation is 1. The van der Waals surface area contributed by atoms with Gasteiger partial charge in [-0.1, -0.05) is 0 Å². The minimum atomic E-state index is -1.31. The number of hydrogen-bond donors (Lipinski definition) is 0. The molecule has 4 heterocycles. The molecule has 1 atom stereocenters. The molecule has 6 nitrogen and oxygen atoms in total. The third-order valence-corrected chi connectivity index (χ3v) is 5.68. The van der Waals surface area contributed by atoms with Gasteiger partial charge in [-0.15, -0.1) is 11.8 Å². The number of β-lactam (4-membered cyclic amide) rings is 1. The van der Waals surface area contributed by atoms with E-state index in [1.807, 2.05) is 22.5 Å². The molecule has 108 valence electrons. The second kappa shape index (κ2) is 6.09. The Hall–Kier alpha value is -0.670. The van der Waals surface area contributed by atoms with Crippen molar-refractivity contribution in [3.8, 4) is 0 Å². The molecule has 0 saturated carbocycles. The summed E-state index contributed by atoms with van der Waals surface area (Å²) in [6.45, 7) is 0.887.